The molecular formula is H4K2O5S2. The molecule has 0 aromatic carbocycles. The van der Waals surface area contributed by atoms with Crippen molar-refractivity contribution >= 4 is 122 Å². The van der Waals surface area contributed by atoms with Crippen LogP contribution in [-0.4, -0.2) is 125 Å². The van der Waals surface area contributed by atoms with E-state index in [0.717, 1.165) is 0 Å². The predicted octanol–water partition coefficient (Wildman–Crippen LogP) is -2.29. The monoisotopic (exact) mass is 226 g/mol. The van der Waals surface area contributed by atoms with Crippen LogP contribution in [0.4, 0.5) is 0 Å². The van der Waals surface area contributed by atoms with E-state index in [1.807, 2.05) is 0 Å². The summed E-state index contributed by atoms with van der Waals surface area (Å²) in [7, 11) is -7.87. The van der Waals surface area contributed by atoms with Crippen molar-refractivity contribution < 1.29 is 21.7 Å². The zero-order chi connectivity index (χ0) is 6.08. The fourth-order valence-corrected chi connectivity index (χ4v) is 0. The Morgan fingerprint density at radius 1 is 1.22 bits per heavy atom. The summed E-state index contributed by atoms with van der Waals surface area (Å²) in [5.41, 5.74) is 0. The topological polar surface area (TPSA) is 91.7 Å². The van der Waals surface area contributed by atoms with E-state index in [-0.39, 0.29) is 103 Å². The average molecular weight is 226 g/mol. The molecule has 1 atom stereocenters. The van der Waals surface area contributed by atoms with E-state index in [9.17, 15) is 12.6 Å². The van der Waals surface area contributed by atoms with Gasteiger partial charge in [-0.1, -0.05) is 0 Å². The molecular weight excluding hydrogens is 222 g/mol. The Morgan fingerprint density at radius 3 is 1.33 bits per heavy atom. The van der Waals surface area contributed by atoms with Gasteiger partial charge in [0, 0.05) is 0 Å². The molecule has 0 fully saturated rings. The molecule has 9 heavy (non-hydrogen) atoms. The first-order chi connectivity index (χ1) is 2.94. The van der Waals surface area contributed by atoms with Crippen LogP contribution in [0.1, 0.15) is 0 Å². The molecule has 2 N–H and O–H groups in total. The molecule has 0 aliphatic rings. The predicted molar refractivity (Wildman–Crippen MR) is 36.6 cm³/mol. The Balaban J connectivity index is -0.000000180. The summed E-state index contributed by atoms with van der Waals surface area (Å²) in [4.78, 5) is 0. The van der Waals surface area contributed by atoms with Crippen molar-refractivity contribution in [1.29, 1.82) is 0 Å². The molecule has 1 unspecified atom stereocenters. The minimum atomic E-state index is -4.71. The van der Waals surface area contributed by atoms with Crippen LogP contribution < -0.4 is 0 Å². The van der Waals surface area contributed by atoms with Gasteiger partial charge in [-0.25, -0.2) is 4.21 Å². The molecule has 0 radical (unpaired) electrons. The van der Waals surface area contributed by atoms with E-state index >= 15 is 0 Å². The molecule has 0 spiro atoms. The fourth-order valence-electron chi connectivity index (χ4n) is 0. The number of hydrogen-bond acceptors (Lipinski definition) is 3. The van der Waals surface area contributed by atoms with E-state index < -0.39 is 19.3 Å². The molecule has 5 nitrogen and oxygen atoms in total. The van der Waals surface area contributed by atoms with Gasteiger partial charge in [-0.3, -0.25) is 9.11 Å². The van der Waals surface area contributed by atoms with Crippen molar-refractivity contribution in [3.8, 4) is 0 Å². The Kier molecular flexibility index (Phi) is 16.0. The third kappa shape index (κ3) is 11.3. The van der Waals surface area contributed by atoms with Crippen LogP contribution in [0.15, 0.2) is 0 Å². The summed E-state index contributed by atoms with van der Waals surface area (Å²) in [6.07, 6.45) is 0. The first kappa shape index (κ1) is 18.2. The Bertz CT molecular complexity index is 167. The van der Waals surface area contributed by atoms with Gasteiger partial charge in [-0.05, 0) is 0 Å². The molecule has 0 aromatic rings. The second-order valence-corrected chi connectivity index (χ2v) is 4.05. The SMILES string of the molecule is O=S(O)S(=O)(=O)O.[KH].[KH]. The molecule has 0 aliphatic heterocycles. The van der Waals surface area contributed by atoms with Gasteiger partial charge >= 0.3 is 122 Å². The Hall–Kier alpha value is 3.29. The summed E-state index contributed by atoms with van der Waals surface area (Å²) in [5, 5.41) is 0. The molecule has 0 amide bonds. The third-order valence-electron chi connectivity index (χ3n) is 0.180. The van der Waals surface area contributed by atoms with Gasteiger partial charge in [0.2, 0.25) is 0 Å². The summed E-state index contributed by atoms with van der Waals surface area (Å²) >= 11 is 0. The van der Waals surface area contributed by atoms with Gasteiger partial charge in [0.25, 0.3) is 0 Å². The minimum absolute atomic E-state index is 0. The van der Waals surface area contributed by atoms with Crippen LogP contribution in [0.25, 0.3) is 0 Å². The maximum atomic E-state index is 9.34. The van der Waals surface area contributed by atoms with Crippen molar-refractivity contribution in [2.45, 2.75) is 0 Å². The van der Waals surface area contributed by atoms with Crippen LogP contribution in [0.2, 0.25) is 0 Å². The van der Waals surface area contributed by atoms with Crippen molar-refractivity contribution in [2.24, 2.45) is 0 Å². The van der Waals surface area contributed by atoms with E-state index in [0.29, 0.717) is 0 Å². The summed E-state index contributed by atoms with van der Waals surface area (Å²) in [5.74, 6) is 0. The molecule has 48 valence electrons. The molecule has 0 heterocycles. The summed E-state index contributed by atoms with van der Waals surface area (Å²) < 4.78 is 43.0. The van der Waals surface area contributed by atoms with Crippen molar-refractivity contribution in [3.63, 3.8) is 0 Å². The van der Waals surface area contributed by atoms with Crippen LogP contribution in [0.5, 0.6) is 0 Å². The van der Waals surface area contributed by atoms with E-state index in [1.54, 1.807) is 0 Å². The molecule has 0 saturated carbocycles. The summed E-state index contributed by atoms with van der Waals surface area (Å²) in [6.45, 7) is 0. The van der Waals surface area contributed by atoms with Crippen molar-refractivity contribution in [2.75, 3.05) is 0 Å². The second kappa shape index (κ2) is 7.92. The van der Waals surface area contributed by atoms with E-state index in [2.05, 4.69) is 0 Å². The zero-order valence-electron chi connectivity index (χ0n) is 2.94. The van der Waals surface area contributed by atoms with Crippen LogP contribution >= 0.6 is 0 Å². The quantitative estimate of drug-likeness (QED) is 0.227. The molecule has 0 aliphatic carbocycles. The molecule has 0 bridgehead atoms. The van der Waals surface area contributed by atoms with Crippen molar-refractivity contribution in [1.82, 2.24) is 0 Å². The fraction of sp³-hybridized carbons (Fsp3) is 0. The molecule has 0 aromatic heterocycles. The van der Waals surface area contributed by atoms with Gasteiger partial charge in [0.05, 0.1) is 0 Å². The number of hydrogen-bond donors (Lipinski definition) is 2. The zero-order valence-corrected chi connectivity index (χ0v) is 4.57. The standard InChI is InChI=1S/2K.H2O5S2.2H/c;;1-6(2)7(3,4)5;;/h;;(H,1,2)(H,3,4,5);;. The van der Waals surface area contributed by atoms with Crippen LogP contribution in [-0.2, 0) is 19.3 Å². The normalized spacial score (nSPS) is 12.7. The molecule has 9 heteroatoms. The first-order valence-corrected chi connectivity index (χ1v) is 4.10. The maximum absolute atomic E-state index is 9.34. The second-order valence-electron chi connectivity index (χ2n) is 0.645. The summed E-state index contributed by atoms with van der Waals surface area (Å²) in [6, 6.07) is 0. The van der Waals surface area contributed by atoms with E-state index in [1.165, 1.54) is 0 Å². The molecule has 0 rings (SSSR count). The van der Waals surface area contributed by atoms with Gasteiger partial charge < -0.3 is 0 Å². The number of rotatable bonds is 1. The average Bonchev–Trinajstić information content (AvgIpc) is 1.31. The van der Waals surface area contributed by atoms with Gasteiger partial charge in [0.15, 0.2) is 0 Å². The van der Waals surface area contributed by atoms with Crippen LogP contribution in [0, 0.1) is 0 Å². The van der Waals surface area contributed by atoms with Gasteiger partial charge in [0.1, 0.15) is 0 Å². The van der Waals surface area contributed by atoms with E-state index in [4.69, 9.17) is 9.11 Å². The Labute approximate surface area is 140 Å². The molecule has 0 saturated heterocycles. The first-order valence-electron chi connectivity index (χ1n) is 1.03. The van der Waals surface area contributed by atoms with Crippen molar-refractivity contribution in [3.05, 3.63) is 0 Å². The van der Waals surface area contributed by atoms with Gasteiger partial charge in [-0.15, -0.1) is 0 Å². The Morgan fingerprint density at radius 2 is 1.33 bits per heavy atom. The van der Waals surface area contributed by atoms with Crippen LogP contribution in [0.3, 0.4) is 0 Å². The third-order valence-corrected chi connectivity index (χ3v) is 1.62. The van der Waals surface area contributed by atoms with Gasteiger partial charge in [-0.2, -0.15) is 8.42 Å².